The summed E-state index contributed by atoms with van der Waals surface area (Å²) in [5, 5.41) is 8.96. The van der Waals surface area contributed by atoms with Gasteiger partial charge in [-0.05, 0) is 62.6 Å². The van der Waals surface area contributed by atoms with Gasteiger partial charge in [0.05, 0.1) is 35.6 Å². The average molecular weight is 481 g/mol. The van der Waals surface area contributed by atoms with E-state index in [1.54, 1.807) is 0 Å². The molecule has 2 saturated carbocycles. The van der Waals surface area contributed by atoms with Crippen molar-refractivity contribution in [2.75, 3.05) is 6.61 Å². The van der Waals surface area contributed by atoms with Crippen LogP contribution in [0, 0.1) is 5.41 Å². The topological polar surface area (TPSA) is 69.0 Å². The van der Waals surface area contributed by atoms with Crippen molar-refractivity contribution < 1.29 is 9.53 Å². The second kappa shape index (κ2) is 9.08. The minimum atomic E-state index is -0.0323. The SMILES string of the molecule is CCOc1cccc(-c2ccc(C(C)n3ncc4cccc(C(=O)NC5CC6(CCC6)C5)c43)cc2)n1. The highest BCUT2D eigenvalue weighted by Crippen LogP contribution is 2.55. The highest BCUT2D eigenvalue weighted by Gasteiger charge is 2.48. The zero-order valence-corrected chi connectivity index (χ0v) is 20.9. The Balaban J connectivity index is 1.24. The third-order valence-electron chi connectivity index (χ3n) is 8.04. The molecule has 36 heavy (non-hydrogen) atoms. The fraction of sp³-hybridized carbons (Fsp3) is 0.367. The average Bonchev–Trinajstić information content (AvgIpc) is 3.29. The predicted octanol–water partition coefficient (Wildman–Crippen LogP) is 6.17. The van der Waals surface area contributed by atoms with E-state index in [2.05, 4.69) is 41.5 Å². The van der Waals surface area contributed by atoms with E-state index in [0.717, 1.165) is 40.6 Å². The number of hydrogen-bond acceptors (Lipinski definition) is 4. The Hall–Kier alpha value is -3.67. The molecule has 2 aromatic heterocycles. The minimum Gasteiger partial charge on any atom is -0.478 e. The Morgan fingerprint density at radius 2 is 1.89 bits per heavy atom. The molecule has 1 spiro atoms. The van der Waals surface area contributed by atoms with Crippen molar-refractivity contribution in [1.29, 1.82) is 0 Å². The van der Waals surface area contributed by atoms with Gasteiger partial charge >= 0.3 is 0 Å². The lowest BCUT2D eigenvalue weighted by Gasteiger charge is -2.54. The summed E-state index contributed by atoms with van der Waals surface area (Å²) in [7, 11) is 0. The molecule has 2 aromatic carbocycles. The van der Waals surface area contributed by atoms with Crippen LogP contribution < -0.4 is 10.1 Å². The lowest BCUT2D eigenvalue weighted by molar-refractivity contribution is -0.000604. The summed E-state index contributed by atoms with van der Waals surface area (Å²) in [5.41, 5.74) is 5.14. The van der Waals surface area contributed by atoms with E-state index in [0.29, 0.717) is 29.5 Å². The van der Waals surface area contributed by atoms with E-state index in [4.69, 9.17) is 9.84 Å². The summed E-state index contributed by atoms with van der Waals surface area (Å²) in [6.07, 6.45) is 8.09. The first-order chi connectivity index (χ1) is 17.5. The molecular weight excluding hydrogens is 448 g/mol. The van der Waals surface area contributed by atoms with Gasteiger partial charge in [0.15, 0.2) is 0 Å². The van der Waals surface area contributed by atoms with Gasteiger partial charge in [-0.1, -0.05) is 48.9 Å². The second-order valence-electron chi connectivity index (χ2n) is 10.4. The number of nitrogens with zero attached hydrogens (tertiary/aromatic N) is 3. The van der Waals surface area contributed by atoms with Gasteiger partial charge < -0.3 is 10.1 Å². The van der Waals surface area contributed by atoms with Crippen LogP contribution in [-0.2, 0) is 0 Å². The first kappa shape index (κ1) is 22.8. The highest BCUT2D eigenvalue weighted by molar-refractivity contribution is 6.05. The number of amides is 1. The quantitative estimate of drug-likeness (QED) is 0.343. The summed E-state index contributed by atoms with van der Waals surface area (Å²) in [4.78, 5) is 17.9. The van der Waals surface area contributed by atoms with Crippen LogP contribution in [0.2, 0.25) is 0 Å². The number of carbonyl (C=O) groups is 1. The zero-order chi connectivity index (χ0) is 24.7. The molecule has 1 N–H and O–H groups in total. The summed E-state index contributed by atoms with van der Waals surface area (Å²) < 4.78 is 7.52. The van der Waals surface area contributed by atoms with Crippen LogP contribution in [0.4, 0.5) is 0 Å². The van der Waals surface area contributed by atoms with Gasteiger partial charge in [0.2, 0.25) is 5.88 Å². The molecule has 2 heterocycles. The number of fused-ring (bicyclic) bond motifs is 1. The molecule has 6 heteroatoms. The Kier molecular flexibility index (Phi) is 5.75. The number of nitrogens with one attached hydrogen (secondary N) is 1. The van der Waals surface area contributed by atoms with E-state index in [-0.39, 0.29) is 11.9 Å². The fourth-order valence-corrected chi connectivity index (χ4v) is 5.89. The lowest BCUT2D eigenvalue weighted by atomic mass is 9.54. The molecule has 6 nitrogen and oxygen atoms in total. The highest BCUT2D eigenvalue weighted by atomic mass is 16.5. The number of rotatable bonds is 7. The Morgan fingerprint density at radius 3 is 2.61 bits per heavy atom. The van der Waals surface area contributed by atoms with Crippen LogP contribution in [0.1, 0.15) is 67.9 Å². The van der Waals surface area contributed by atoms with Crippen LogP contribution in [0.3, 0.4) is 0 Å². The Labute approximate surface area is 211 Å². The standard InChI is InChI=1S/C30H32N4O2/c1-3-36-27-10-5-9-26(33-27)22-13-11-21(12-14-22)20(2)34-28-23(19-31-34)7-4-8-25(28)29(35)32-24-17-30(18-24)15-6-16-30/h4-5,7-14,19-20,24H,3,6,15-18H2,1-2H3,(H,32,35). The fourth-order valence-electron chi connectivity index (χ4n) is 5.89. The smallest absolute Gasteiger partial charge is 0.253 e. The van der Waals surface area contributed by atoms with Crippen molar-refractivity contribution in [2.45, 2.75) is 58.0 Å². The third-order valence-corrected chi connectivity index (χ3v) is 8.04. The first-order valence-electron chi connectivity index (χ1n) is 13.0. The zero-order valence-electron chi connectivity index (χ0n) is 20.9. The number of hydrogen-bond donors (Lipinski definition) is 1. The summed E-state index contributed by atoms with van der Waals surface area (Å²) in [6, 6.07) is 20.3. The molecule has 2 aliphatic rings. The maximum absolute atomic E-state index is 13.3. The molecule has 1 unspecified atom stereocenters. The monoisotopic (exact) mass is 480 g/mol. The van der Waals surface area contributed by atoms with Gasteiger partial charge in [-0.25, -0.2) is 4.98 Å². The number of benzene rings is 2. The van der Waals surface area contributed by atoms with E-state index < -0.39 is 0 Å². The normalized spacial score (nSPS) is 17.4. The lowest BCUT2D eigenvalue weighted by Crippen LogP contribution is -2.53. The van der Waals surface area contributed by atoms with Crippen LogP contribution in [0.15, 0.2) is 66.9 Å². The molecule has 2 aliphatic carbocycles. The van der Waals surface area contributed by atoms with Crippen LogP contribution in [0.5, 0.6) is 5.88 Å². The molecule has 0 bridgehead atoms. The van der Waals surface area contributed by atoms with Crippen molar-refractivity contribution in [3.05, 3.63) is 78.0 Å². The maximum Gasteiger partial charge on any atom is 0.253 e. The van der Waals surface area contributed by atoms with Gasteiger partial charge in [-0.3, -0.25) is 9.48 Å². The second-order valence-corrected chi connectivity index (χ2v) is 10.4. The molecule has 0 saturated heterocycles. The van der Waals surface area contributed by atoms with Gasteiger partial charge in [0, 0.05) is 23.1 Å². The molecule has 184 valence electrons. The molecule has 1 atom stereocenters. The molecular formula is C30H32N4O2. The largest absolute Gasteiger partial charge is 0.478 e. The molecule has 0 radical (unpaired) electrons. The number of pyridine rings is 1. The molecule has 1 amide bonds. The summed E-state index contributed by atoms with van der Waals surface area (Å²) >= 11 is 0. The summed E-state index contributed by atoms with van der Waals surface area (Å²) in [6.45, 7) is 4.67. The predicted molar refractivity (Wildman–Crippen MR) is 141 cm³/mol. The van der Waals surface area contributed by atoms with E-state index >= 15 is 0 Å². The van der Waals surface area contributed by atoms with Crippen LogP contribution >= 0.6 is 0 Å². The van der Waals surface area contributed by atoms with Crippen molar-refractivity contribution in [3.8, 4) is 17.1 Å². The number of carbonyl (C=O) groups excluding carboxylic acids is 1. The van der Waals surface area contributed by atoms with E-state index in [9.17, 15) is 4.79 Å². The number of aromatic nitrogens is 3. The van der Waals surface area contributed by atoms with Gasteiger partial charge in [0.1, 0.15) is 0 Å². The minimum absolute atomic E-state index is 0.00401. The Bertz CT molecular complexity index is 1400. The van der Waals surface area contributed by atoms with Crippen molar-refractivity contribution in [1.82, 2.24) is 20.1 Å². The summed E-state index contributed by atoms with van der Waals surface area (Å²) in [5.74, 6) is 0.635. The van der Waals surface area contributed by atoms with Crippen LogP contribution in [0.25, 0.3) is 22.2 Å². The molecule has 2 fully saturated rings. The molecule has 0 aliphatic heterocycles. The Morgan fingerprint density at radius 1 is 1.11 bits per heavy atom. The molecule has 4 aromatic rings. The number of ether oxygens (including phenoxy) is 1. The van der Waals surface area contributed by atoms with E-state index in [1.807, 2.05) is 54.2 Å². The van der Waals surface area contributed by atoms with Gasteiger partial charge in [-0.15, -0.1) is 0 Å². The van der Waals surface area contributed by atoms with Crippen molar-refractivity contribution >= 4 is 16.8 Å². The molecule has 6 rings (SSSR count). The first-order valence-corrected chi connectivity index (χ1v) is 13.0. The van der Waals surface area contributed by atoms with Gasteiger partial charge in [0.25, 0.3) is 5.91 Å². The van der Waals surface area contributed by atoms with Crippen molar-refractivity contribution in [2.24, 2.45) is 5.41 Å². The number of para-hydroxylation sites is 1. The maximum atomic E-state index is 13.3. The van der Waals surface area contributed by atoms with Crippen LogP contribution in [-0.4, -0.2) is 33.3 Å². The van der Waals surface area contributed by atoms with Gasteiger partial charge in [-0.2, -0.15) is 5.10 Å². The van der Waals surface area contributed by atoms with Crippen molar-refractivity contribution in [3.63, 3.8) is 0 Å². The third kappa shape index (κ3) is 4.04. The van der Waals surface area contributed by atoms with E-state index in [1.165, 1.54) is 19.3 Å².